The van der Waals surface area contributed by atoms with Crippen LogP contribution in [0.25, 0.3) is 0 Å². The molecule has 0 aliphatic carbocycles. The van der Waals surface area contributed by atoms with Gasteiger partial charge in [0.05, 0.1) is 5.69 Å². The first-order valence-corrected chi connectivity index (χ1v) is 7.55. The Kier molecular flexibility index (Phi) is 3.59. The van der Waals surface area contributed by atoms with Gasteiger partial charge in [-0.2, -0.15) is 4.31 Å². The molecule has 1 N–H and O–H groups in total. The van der Waals surface area contributed by atoms with E-state index in [-0.39, 0.29) is 11.1 Å². The highest BCUT2D eigenvalue weighted by atomic mass is 32.2. The van der Waals surface area contributed by atoms with Crippen LogP contribution < -0.4 is 5.32 Å². The lowest BCUT2D eigenvalue weighted by Crippen LogP contribution is -2.34. The van der Waals surface area contributed by atoms with Gasteiger partial charge in [-0.1, -0.05) is 6.92 Å². The highest BCUT2D eigenvalue weighted by Gasteiger charge is 2.37. The van der Waals surface area contributed by atoms with Gasteiger partial charge in [0, 0.05) is 25.8 Å². The number of hydrogen-bond donors (Lipinski definition) is 1. The van der Waals surface area contributed by atoms with E-state index in [2.05, 4.69) is 17.2 Å². The monoisotopic (exact) mass is 269 g/mol. The molecule has 1 aliphatic rings. The van der Waals surface area contributed by atoms with Gasteiger partial charge >= 0.3 is 0 Å². The molecule has 0 amide bonds. The Morgan fingerprint density at radius 3 is 2.72 bits per heavy atom. The van der Waals surface area contributed by atoms with Crippen LogP contribution in [-0.2, 0) is 10.0 Å². The first-order valence-electron chi connectivity index (χ1n) is 6.11. The zero-order valence-electron chi connectivity index (χ0n) is 10.9. The molecule has 18 heavy (non-hydrogen) atoms. The van der Waals surface area contributed by atoms with Crippen LogP contribution in [0.5, 0.6) is 0 Å². The van der Waals surface area contributed by atoms with E-state index < -0.39 is 10.0 Å². The zero-order valence-corrected chi connectivity index (χ0v) is 11.7. The Bertz CT molecular complexity index is 530. The molecule has 1 aliphatic heterocycles. The number of rotatable bonds is 3. The fraction of sp³-hybridized carbons (Fsp3) is 0.583. The van der Waals surface area contributed by atoms with Gasteiger partial charge in [0.1, 0.15) is 0 Å². The van der Waals surface area contributed by atoms with Crippen LogP contribution in [0, 0.1) is 5.92 Å². The SMILES string of the molecule is CNc1cccnc1S(=O)(=O)N1CC(C)CC1C. The van der Waals surface area contributed by atoms with E-state index in [0.717, 1.165) is 6.42 Å². The maximum atomic E-state index is 12.6. The molecule has 2 atom stereocenters. The molecule has 100 valence electrons. The van der Waals surface area contributed by atoms with Crippen LogP contribution >= 0.6 is 0 Å². The number of anilines is 1. The van der Waals surface area contributed by atoms with Gasteiger partial charge in [0.25, 0.3) is 10.0 Å². The summed E-state index contributed by atoms with van der Waals surface area (Å²) in [6, 6.07) is 3.49. The highest BCUT2D eigenvalue weighted by molar-refractivity contribution is 7.89. The van der Waals surface area contributed by atoms with Gasteiger partial charge in [0.2, 0.25) is 0 Å². The van der Waals surface area contributed by atoms with Crippen molar-refractivity contribution in [1.82, 2.24) is 9.29 Å². The largest absolute Gasteiger partial charge is 0.386 e. The van der Waals surface area contributed by atoms with E-state index in [9.17, 15) is 8.42 Å². The van der Waals surface area contributed by atoms with E-state index >= 15 is 0 Å². The lowest BCUT2D eigenvalue weighted by molar-refractivity contribution is 0.404. The topological polar surface area (TPSA) is 62.3 Å². The summed E-state index contributed by atoms with van der Waals surface area (Å²) in [5.41, 5.74) is 0.546. The smallest absolute Gasteiger partial charge is 0.262 e. The summed E-state index contributed by atoms with van der Waals surface area (Å²) in [5, 5.41) is 3.00. The van der Waals surface area contributed by atoms with Crippen LogP contribution in [0.15, 0.2) is 23.4 Å². The van der Waals surface area contributed by atoms with E-state index in [4.69, 9.17) is 0 Å². The van der Waals surface area contributed by atoms with Gasteiger partial charge in [-0.25, -0.2) is 13.4 Å². The number of sulfonamides is 1. The van der Waals surface area contributed by atoms with Gasteiger partial charge in [-0.15, -0.1) is 0 Å². The molecule has 5 nitrogen and oxygen atoms in total. The van der Waals surface area contributed by atoms with Crippen molar-refractivity contribution in [2.24, 2.45) is 5.92 Å². The van der Waals surface area contributed by atoms with Crippen LogP contribution in [0.4, 0.5) is 5.69 Å². The molecular formula is C12H19N3O2S. The lowest BCUT2D eigenvalue weighted by atomic mass is 10.1. The number of hydrogen-bond acceptors (Lipinski definition) is 4. The van der Waals surface area contributed by atoms with Gasteiger partial charge in [-0.05, 0) is 31.4 Å². The predicted molar refractivity (Wildman–Crippen MR) is 70.9 cm³/mol. The summed E-state index contributed by atoms with van der Waals surface area (Å²) < 4.78 is 26.7. The van der Waals surface area contributed by atoms with Crippen molar-refractivity contribution < 1.29 is 8.42 Å². The first-order chi connectivity index (χ1) is 8.46. The molecule has 0 aromatic carbocycles. The Morgan fingerprint density at radius 2 is 2.17 bits per heavy atom. The summed E-state index contributed by atoms with van der Waals surface area (Å²) in [4.78, 5) is 4.03. The molecule has 0 spiro atoms. The standard InChI is InChI=1S/C12H19N3O2S/c1-9-7-10(2)15(8-9)18(16,17)12-11(13-3)5-4-6-14-12/h4-6,9-10,13H,7-8H2,1-3H3. The van der Waals surface area contributed by atoms with Crippen LogP contribution in [0.3, 0.4) is 0 Å². The van der Waals surface area contributed by atoms with Crippen molar-refractivity contribution >= 4 is 15.7 Å². The minimum Gasteiger partial charge on any atom is -0.386 e. The Labute approximate surface area is 108 Å². The van der Waals surface area contributed by atoms with Crippen molar-refractivity contribution in [3.8, 4) is 0 Å². The van der Waals surface area contributed by atoms with Crippen LogP contribution in [0.1, 0.15) is 20.3 Å². The minimum atomic E-state index is -3.50. The zero-order chi connectivity index (χ0) is 13.3. The van der Waals surface area contributed by atoms with E-state index in [1.54, 1.807) is 23.5 Å². The Balaban J connectivity index is 2.42. The molecule has 2 rings (SSSR count). The van der Waals surface area contributed by atoms with Crippen molar-refractivity contribution in [3.05, 3.63) is 18.3 Å². The maximum Gasteiger partial charge on any atom is 0.262 e. The summed E-state index contributed by atoms with van der Waals surface area (Å²) in [6.07, 6.45) is 2.42. The third kappa shape index (κ3) is 2.22. The lowest BCUT2D eigenvalue weighted by Gasteiger charge is -2.21. The molecule has 2 unspecified atom stereocenters. The first kappa shape index (κ1) is 13.3. The number of nitrogens with zero attached hydrogens (tertiary/aromatic N) is 2. The molecule has 6 heteroatoms. The second kappa shape index (κ2) is 4.85. The quantitative estimate of drug-likeness (QED) is 0.904. The third-order valence-electron chi connectivity index (χ3n) is 3.32. The second-order valence-corrected chi connectivity index (χ2v) is 6.68. The second-order valence-electron chi connectivity index (χ2n) is 4.87. The fourth-order valence-corrected chi connectivity index (χ4v) is 4.37. The van der Waals surface area contributed by atoms with Crippen LogP contribution in [0.2, 0.25) is 0 Å². The summed E-state index contributed by atoms with van der Waals surface area (Å²) in [7, 11) is -1.80. The maximum absolute atomic E-state index is 12.6. The predicted octanol–water partition coefficient (Wildman–Crippen LogP) is 1.54. The molecule has 1 saturated heterocycles. The van der Waals surface area contributed by atoms with E-state index in [1.807, 2.05) is 6.92 Å². The normalized spacial score (nSPS) is 25.3. The fourth-order valence-electron chi connectivity index (χ4n) is 2.49. The highest BCUT2D eigenvalue weighted by Crippen LogP contribution is 2.30. The third-order valence-corrected chi connectivity index (χ3v) is 5.26. The average Bonchev–Trinajstić information content (AvgIpc) is 2.69. The summed E-state index contributed by atoms with van der Waals surface area (Å²) in [5.74, 6) is 0.400. The van der Waals surface area contributed by atoms with Gasteiger partial charge in [0.15, 0.2) is 5.03 Å². The summed E-state index contributed by atoms with van der Waals surface area (Å²) in [6.45, 7) is 4.59. The number of nitrogens with one attached hydrogen (secondary N) is 1. The molecule has 0 saturated carbocycles. The molecule has 1 fully saturated rings. The average molecular weight is 269 g/mol. The van der Waals surface area contributed by atoms with Crippen LogP contribution in [-0.4, -0.2) is 37.3 Å². The molecule has 0 bridgehead atoms. The molecule has 2 heterocycles. The molecule has 1 aromatic heterocycles. The van der Waals surface area contributed by atoms with Crippen molar-refractivity contribution in [2.45, 2.75) is 31.3 Å². The van der Waals surface area contributed by atoms with Gasteiger partial charge in [-0.3, -0.25) is 0 Å². The number of pyridine rings is 1. The van der Waals surface area contributed by atoms with Crippen molar-refractivity contribution in [1.29, 1.82) is 0 Å². The van der Waals surface area contributed by atoms with E-state index in [1.165, 1.54) is 6.20 Å². The Morgan fingerprint density at radius 1 is 1.44 bits per heavy atom. The Hall–Kier alpha value is -1.14. The van der Waals surface area contributed by atoms with Crippen molar-refractivity contribution in [3.63, 3.8) is 0 Å². The number of aromatic nitrogens is 1. The molecule has 1 aromatic rings. The van der Waals surface area contributed by atoms with E-state index in [0.29, 0.717) is 18.2 Å². The molecule has 0 radical (unpaired) electrons. The van der Waals surface area contributed by atoms with Crippen molar-refractivity contribution in [2.75, 3.05) is 18.9 Å². The van der Waals surface area contributed by atoms with Gasteiger partial charge < -0.3 is 5.32 Å². The minimum absolute atomic E-state index is 0.0386. The molecular weight excluding hydrogens is 250 g/mol. The summed E-state index contributed by atoms with van der Waals surface area (Å²) >= 11 is 0.